The molecule has 8 heteroatoms. The number of aryl methyl sites for hydroxylation is 1. The number of esters is 2. The molecular weight excluding hydrogens is 382 g/mol. The molecule has 0 saturated carbocycles. The van der Waals surface area contributed by atoms with Crippen LogP contribution in [0, 0.1) is 6.92 Å². The van der Waals surface area contributed by atoms with Crippen molar-refractivity contribution in [2.45, 2.75) is 37.4 Å². The first kappa shape index (κ1) is 19.9. The molecule has 0 radical (unpaired) electrons. The predicted octanol–water partition coefficient (Wildman–Crippen LogP) is 2.68. The Morgan fingerprint density at radius 3 is 2.25 bits per heavy atom. The Kier molecular flexibility index (Phi) is 5.42. The van der Waals surface area contributed by atoms with Crippen LogP contribution in [0.2, 0.25) is 0 Å². The zero-order valence-electron chi connectivity index (χ0n) is 15.8. The van der Waals surface area contributed by atoms with Crippen molar-refractivity contribution < 1.29 is 27.5 Å². The number of hydrogen-bond acceptors (Lipinski definition) is 6. The van der Waals surface area contributed by atoms with Gasteiger partial charge >= 0.3 is 11.9 Å². The van der Waals surface area contributed by atoms with Crippen molar-refractivity contribution in [1.82, 2.24) is 0 Å². The highest BCUT2D eigenvalue weighted by Gasteiger charge is 2.35. The Hall–Kier alpha value is -2.87. The average Bonchev–Trinajstić information content (AvgIpc) is 2.98. The number of nitrogens with zero attached hydrogens (tertiary/aromatic N) is 1. The lowest BCUT2D eigenvalue weighted by molar-refractivity contribution is -0.147. The van der Waals surface area contributed by atoms with Gasteiger partial charge in [-0.25, -0.2) is 18.0 Å². The van der Waals surface area contributed by atoms with Crippen LogP contribution in [0.1, 0.15) is 29.3 Å². The summed E-state index contributed by atoms with van der Waals surface area (Å²) in [5, 5.41) is 0. The lowest BCUT2D eigenvalue weighted by Crippen LogP contribution is -2.26. The summed E-state index contributed by atoms with van der Waals surface area (Å²) < 4.78 is 36.8. The Labute approximate surface area is 163 Å². The summed E-state index contributed by atoms with van der Waals surface area (Å²) in [5.41, 5.74) is 1.58. The van der Waals surface area contributed by atoms with Gasteiger partial charge < -0.3 is 9.47 Å². The number of ether oxygens (including phenoxy) is 2. The fourth-order valence-electron chi connectivity index (χ4n) is 2.83. The molecule has 0 spiro atoms. The molecule has 7 nitrogen and oxygen atoms in total. The molecule has 3 rings (SSSR count). The summed E-state index contributed by atoms with van der Waals surface area (Å²) in [4.78, 5) is 24.0. The monoisotopic (exact) mass is 403 g/mol. The number of sulfonamides is 1. The average molecular weight is 403 g/mol. The van der Waals surface area contributed by atoms with E-state index in [-0.39, 0.29) is 16.6 Å². The lowest BCUT2D eigenvalue weighted by Gasteiger charge is -2.20. The van der Waals surface area contributed by atoms with Crippen molar-refractivity contribution >= 4 is 27.6 Å². The summed E-state index contributed by atoms with van der Waals surface area (Å²) in [6.45, 7) is 3.61. The maximum absolute atomic E-state index is 12.7. The zero-order valence-corrected chi connectivity index (χ0v) is 16.6. The second-order valence-corrected chi connectivity index (χ2v) is 8.68. The maximum Gasteiger partial charge on any atom is 0.347 e. The molecule has 1 fully saturated rings. The van der Waals surface area contributed by atoms with Crippen LogP contribution >= 0.6 is 0 Å². The molecule has 0 aromatic heterocycles. The van der Waals surface area contributed by atoms with Crippen molar-refractivity contribution in [2.24, 2.45) is 0 Å². The Bertz CT molecular complexity index is 982. The van der Waals surface area contributed by atoms with Gasteiger partial charge in [0.05, 0.1) is 16.1 Å². The summed E-state index contributed by atoms with van der Waals surface area (Å²) in [7, 11) is -2.28. The molecule has 1 aliphatic rings. The molecule has 2 aromatic carbocycles. The minimum atomic E-state index is -3.72. The molecule has 2 aromatic rings. The van der Waals surface area contributed by atoms with E-state index in [1.54, 1.807) is 31.2 Å². The summed E-state index contributed by atoms with van der Waals surface area (Å²) >= 11 is 0. The molecule has 1 saturated heterocycles. The van der Waals surface area contributed by atoms with E-state index in [1.807, 2.05) is 6.92 Å². The summed E-state index contributed by atoms with van der Waals surface area (Å²) in [6.07, 6.45) is -0.875. The van der Waals surface area contributed by atoms with Crippen molar-refractivity contribution in [2.75, 3.05) is 11.4 Å². The second-order valence-electron chi connectivity index (χ2n) is 6.71. The normalized spacial score (nSPS) is 19.2. The first-order valence-corrected chi connectivity index (χ1v) is 10.2. The number of anilines is 1. The van der Waals surface area contributed by atoms with Gasteiger partial charge in [0.1, 0.15) is 6.10 Å². The predicted molar refractivity (Wildman–Crippen MR) is 103 cm³/mol. The van der Waals surface area contributed by atoms with Gasteiger partial charge in [-0.3, -0.25) is 4.31 Å². The molecule has 0 bridgehead atoms. The minimum absolute atomic E-state index is 0.179. The molecule has 148 valence electrons. The molecule has 28 heavy (non-hydrogen) atoms. The van der Waals surface area contributed by atoms with Gasteiger partial charge in [-0.2, -0.15) is 0 Å². The lowest BCUT2D eigenvalue weighted by atomic mass is 10.2. The third-order valence-corrected chi connectivity index (χ3v) is 6.32. The SMILES string of the molecule is Cc1ccc(S(=O)(=O)N(C)c2ccc(C(=O)O[C@H]3C[C@H](C)OC3=O)cc2)cc1. The third-order valence-electron chi connectivity index (χ3n) is 4.52. The fourth-order valence-corrected chi connectivity index (χ4v) is 4.02. The quantitative estimate of drug-likeness (QED) is 0.713. The van der Waals surface area contributed by atoms with Crippen LogP contribution in [-0.2, 0) is 24.3 Å². The molecule has 1 heterocycles. The molecule has 1 aliphatic heterocycles. The van der Waals surface area contributed by atoms with Gasteiger partial charge in [-0.1, -0.05) is 17.7 Å². The Morgan fingerprint density at radius 2 is 1.71 bits per heavy atom. The number of benzene rings is 2. The van der Waals surface area contributed by atoms with Gasteiger partial charge in [-0.05, 0) is 50.2 Å². The van der Waals surface area contributed by atoms with E-state index in [0.29, 0.717) is 12.1 Å². The van der Waals surface area contributed by atoms with Crippen molar-refractivity contribution in [3.63, 3.8) is 0 Å². The molecule has 2 atom stereocenters. The highest BCUT2D eigenvalue weighted by atomic mass is 32.2. The molecule has 0 amide bonds. The van der Waals surface area contributed by atoms with Gasteiger partial charge in [0, 0.05) is 13.5 Å². The van der Waals surface area contributed by atoms with Crippen LogP contribution in [0.5, 0.6) is 0 Å². The number of rotatable bonds is 5. The number of carbonyl (C=O) groups is 2. The first-order valence-electron chi connectivity index (χ1n) is 8.75. The number of cyclic esters (lactones) is 1. The van der Waals surface area contributed by atoms with E-state index in [2.05, 4.69) is 0 Å². The van der Waals surface area contributed by atoms with Crippen molar-refractivity contribution in [1.29, 1.82) is 0 Å². The summed E-state index contributed by atoms with van der Waals surface area (Å²) in [5.74, 6) is -1.21. The molecule has 0 N–H and O–H groups in total. The van der Waals surface area contributed by atoms with Gasteiger partial charge in [-0.15, -0.1) is 0 Å². The van der Waals surface area contributed by atoms with E-state index in [0.717, 1.165) is 9.87 Å². The van der Waals surface area contributed by atoms with Crippen LogP contribution in [0.3, 0.4) is 0 Å². The van der Waals surface area contributed by atoms with Gasteiger partial charge in [0.2, 0.25) is 6.10 Å². The smallest absolute Gasteiger partial charge is 0.347 e. The Balaban J connectivity index is 1.73. The fraction of sp³-hybridized carbons (Fsp3) is 0.300. The van der Waals surface area contributed by atoms with Crippen molar-refractivity contribution in [3.05, 3.63) is 59.7 Å². The maximum atomic E-state index is 12.7. The van der Waals surface area contributed by atoms with E-state index < -0.39 is 28.1 Å². The first-order chi connectivity index (χ1) is 13.2. The van der Waals surface area contributed by atoms with Crippen LogP contribution in [0.25, 0.3) is 0 Å². The molecule has 0 aliphatic carbocycles. The topological polar surface area (TPSA) is 90.0 Å². The third kappa shape index (κ3) is 4.01. The van der Waals surface area contributed by atoms with Crippen LogP contribution in [0.4, 0.5) is 5.69 Å². The van der Waals surface area contributed by atoms with E-state index in [9.17, 15) is 18.0 Å². The molecule has 0 unspecified atom stereocenters. The van der Waals surface area contributed by atoms with Gasteiger partial charge in [0.25, 0.3) is 10.0 Å². The van der Waals surface area contributed by atoms with E-state index in [1.165, 1.54) is 31.3 Å². The van der Waals surface area contributed by atoms with Crippen LogP contribution in [-0.4, -0.2) is 39.6 Å². The van der Waals surface area contributed by atoms with Crippen molar-refractivity contribution in [3.8, 4) is 0 Å². The van der Waals surface area contributed by atoms with E-state index in [4.69, 9.17) is 9.47 Å². The van der Waals surface area contributed by atoms with Crippen LogP contribution in [0.15, 0.2) is 53.4 Å². The minimum Gasteiger partial charge on any atom is -0.460 e. The highest BCUT2D eigenvalue weighted by molar-refractivity contribution is 7.92. The number of carbonyl (C=O) groups excluding carboxylic acids is 2. The highest BCUT2D eigenvalue weighted by Crippen LogP contribution is 2.24. The van der Waals surface area contributed by atoms with Crippen LogP contribution < -0.4 is 4.31 Å². The molecular formula is C20H21NO6S. The second kappa shape index (κ2) is 7.63. The van der Waals surface area contributed by atoms with Gasteiger partial charge in [0.15, 0.2) is 0 Å². The largest absolute Gasteiger partial charge is 0.460 e. The Morgan fingerprint density at radius 1 is 1.11 bits per heavy atom. The van der Waals surface area contributed by atoms with E-state index >= 15 is 0 Å². The summed E-state index contributed by atoms with van der Waals surface area (Å²) in [6, 6.07) is 12.5. The standard InChI is InChI=1S/C20H21NO6S/c1-13-4-10-17(11-5-13)28(24,25)21(3)16-8-6-15(7-9-16)19(22)27-18-12-14(2)26-20(18)23/h4-11,14,18H,12H2,1-3H3/t14-,18-/m0/s1. The zero-order chi connectivity index (χ0) is 20.5. The number of hydrogen-bond donors (Lipinski definition) is 0.